The molecular formula is C6H15NO4S. The Morgan fingerprint density at radius 1 is 1.25 bits per heavy atom. The molecule has 0 unspecified atom stereocenters. The van der Waals surface area contributed by atoms with Crippen LogP contribution < -0.4 is 0 Å². The molecule has 0 radical (unpaired) electrons. The zero-order chi connectivity index (χ0) is 9.61. The third-order valence-corrected chi connectivity index (χ3v) is 2.31. The molecule has 12 heavy (non-hydrogen) atoms. The average molecular weight is 197 g/mol. The summed E-state index contributed by atoms with van der Waals surface area (Å²) < 4.78 is 35.2. The molecule has 0 aromatic rings. The van der Waals surface area contributed by atoms with Crippen LogP contribution in [0.15, 0.2) is 0 Å². The van der Waals surface area contributed by atoms with Crippen molar-refractivity contribution in [3.05, 3.63) is 0 Å². The lowest BCUT2D eigenvalue weighted by Crippen LogP contribution is -2.40. The van der Waals surface area contributed by atoms with E-state index in [2.05, 4.69) is 0 Å². The van der Waals surface area contributed by atoms with Gasteiger partial charge in [0.15, 0.2) is 0 Å². The van der Waals surface area contributed by atoms with Crippen molar-refractivity contribution in [3.63, 3.8) is 0 Å². The predicted molar refractivity (Wildman–Crippen MR) is 45.3 cm³/mol. The molecule has 0 atom stereocenters. The van der Waals surface area contributed by atoms with Gasteiger partial charge in [0.25, 0.3) is 0 Å². The molecule has 0 saturated carbocycles. The van der Waals surface area contributed by atoms with E-state index in [9.17, 15) is 8.42 Å². The van der Waals surface area contributed by atoms with Crippen LogP contribution in [0.1, 0.15) is 13.8 Å². The molecule has 1 rings (SSSR count). The van der Waals surface area contributed by atoms with Crippen LogP contribution in [-0.2, 0) is 15.0 Å². The molecule has 0 aromatic carbocycles. The Labute approximate surface area is 73.2 Å². The van der Waals surface area contributed by atoms with E-state index in [1.807, 2.05) is 13.8 Å². The Morgan fingerprint density at radius 2 is 1.67 bits per heavy atom. The topological polar surface area (TPSA) is 66.8 Å². The summed E-state index contributed by atoms with van der Waals surface area (Å²) in [6, 6.07) is 0. The number of rotatable bonds is 1. The van der Waals surface area contributed by atoms with E-state index in [0.717, 1.165) is 4.31 Å². The predicted octanol–water partition coefficient (Wildman–Crippen LogP) is 0.148. The Morgan fingerprint density at radius 3 is 1.92 bits per heavy atom. The maximum Gasteiger partial charge on any atom is 0.336 e. The molecule has 6 heteroatoms. The molecule has 0 bridgehead atoms. The minimum absolute atomic E-state index is 0.249. The van der Waals surface area contributed by atoms with E-state index >= 15 is 0 Å². The van der Waals surface area contributed by atoms with Gasteiger partial charge in [-0.05, 0) is 0 Å². The fraction of sp³-hybridized carbons (Fsp3) is 1.00. The maximum atomic E-state index is 10.4. The molecule has 1 saturated heterocycles. The van der Waals surface area contributed by atoms with Crippen LogP contribution in [0, 0.1) is 0 Å². The molecule has 1 N–H and O–H groups in total. The summed E-state index contributed by atoms with van der Waals surface area (Å²) in [5.74, 6) is 0. The van der Waals surface area contributed by atoms with Crippen molar-refractivity contribution in [2.24, 2.45) is 0 Å². The highest BCUT2D eigenvalue weighted by Gasteiger charge is 2.20. The first kappa shape index (κ1) is 11.8. The fourth-order valence-corrected chi connectivity index (χ4v) is 1.39. The van der Waals surface area contributed by atoms with Gasteiger partial charge in [-0.25, -0.2) is 0 Å². The van der Waals surface area contributed by atoms with Gasteiger partial charge in [-0.1, -0.05) is 13.8 Å². The summed E-state index contributed by atoms with van der Waals surface area (Å²) in [6.07, 6.45) is 0. The smallest absolute Gasteiger partial charge is 0.336 e. The Hall–Kier alpha value is -0.170. The summed E-state index contributed by atoms with van der Waals surface area (Å²) in [4.78, 5) is 0. The molecule has 1 fully saturated rings. The van der Waals surface area contributed by atoms with Gasteiger partial charge in [0, 0.05) is 13.1 Å². The van der Waals surface area contributed by atoms with Crippen molar-refractivity contribution in [2.45, 2.75) is 13.8 Å². The van der Waals surface area contributed by atoms with Crippen molar-refractivity contribution in [3.8, 4) is 0 Å². The molecule has 1 aliphatic heterocycles. The van der Waals surface area contributed by atoms with Crippen molar-refractivity contribution in [1.29, 1.82) is 0 Å². The summed E-state index contributed by atoms with van der Waals surface area (Å²) in [7, 11) is -3.97. The average Bonchev–Trinajstić information content (AvgIpc) is 2.08. The molecular weight excluding hydrogens is 182 g/mol. The van der Waals surface area contributed by atoms with Gasteiger partial charge in [-0.3, -0.25) is 4.55 Å². The van der Waals surface area contributed by atoms with Crippen LogP contribution in [0.5, 0.6) is 0 Å². The summed E-state index contributed by atoms with van der Waals surface area (Å²) in [6.45, 7) is 5.22. The number of hydrogen-bond acceptors (Lipinski definition) is 3. The SMILES string of the molecule is CC.O=S(=O)(O)N1CCOCC1. The number of nitrogens with zero attached hydrogens (tertiary/aromatic N) is 1. The fourth-order valence-electron chi connectivity index (χ4n) is 0.777. The van der Waals surface area contributed by atoms with E-state index in [1.165, 1.54) is 0 Å². The van der Waals surface area contributed by atoms with Crippen LogP contribution in [0.4, 0.5) is 0 Å². The first-order valence-corrected chi connectivity index (χ1v) is 5.31. The standard InChI is InChI=1S/C4H9NO4S.C2H6/c6-10(7,8)5-1-3-9-4-2-5;1-2/h1-4H2,(H,6,7,8);1-2H3. The molecule has 1 heterocycles. The van der Waals surface area contributed by atoms with Crippen LogP contribution in [0.3, 0.4) is 0 Å². The molecule has 0 spiro atoms. The second-order valence-electron chi connectivity index (χ2n) is 1.99. The zero-order valence-electron chi connectivity index (χ0n) is 7.36. The van der Waals surface area contributed by atoms with Gasteiger partial charge >= 0.3 is 10.3 Å². The minimum atomic E-state index is -3.97. The molecule has 74 valence electrons. The molecule has 0 amide bonds. The van der Waals surface area contributed by atoms with E-state index < -0.39 is 10.3 Å². The first-order chi connectivity index (χ1) is 5.61. The summed E-state index contributed by atoms with van der Waals surface area (Å²) in [5.41, 5.74) is 0. The lowest BCUT2D eigenvalue weighted by atomic mass is 10.5. The zero-order valence-corrected chi connectivity index (χ0v) is 8.17. The normalized spacial score (nSPS) is 19.6. The van der Waals surface area contributed by atoms with Gasteiger partial charge in [-0.15, -0.1) is 0 Å². The number of ether oxygens (including phenoxy) is 1. The van der Waals surface area contributed by atoms with Crippen molar-refractivity contribution in [1.82, 2.24) is 4.31 Å². The van der Waals surface area contributed by atoms with Crippen LogP contribution in [-0.4, -0.2) is 43.6 Å². The minimum Gasteiger partial charge on any atom is -0.379 e. The van der Waals surface area contributed by atoms with Crippen molar-refractivity contribution >= 4 is 10.3 Å². The Balaban J connectivity index is 0.000000561. The van der Waals surface area contributed by atoms with E-state index in [-0.39, 0.29) is 13.1 Å². The highest BCUT2D eigenvalue weighted by atomic mass is 32.2. The van der Waals surface area contributed by atoms with Crippen molar-refractivity contribution in [2.75, 3.05) is 26.3 Å². The molecule has 0 aromatic heterocycles. The van der Waals surface area contributed by atoms with Gasteiger partial charge in [0.2, 0.25) is 0 Å². The largest absolute Gasteiger partial charge is 0.379 e. The lowest BCUT2D eigenvalue weighted by molar-refractivity contribution is 0.0693. The third-order valence-electron chi connectivity index (χ3n) is 1.30. The maximum absolute atomic E-state index is 10.4. The Bertz CT molecular complexity index is 196. The lowest BCUT2D eigenvalue weighted by Gasteiger charge is -2.22. The van der Waals surface area contributed by atoms with Crippen molar-refractivity contribution < 1.29 is 17.7 Å². The van der Waals surface area contributed by atoms with Gasteiger partial charge in [-0.2, -0.15) is 12.7 Å². The number of morpholine rings is 1. The van der Waals surface area contributed by atoms with E-state index in [4.69, 9.17) is 9.29 Å². The molecule has 0 aliphatic carbocycles. The second-order valence-corrected chi connectivity index (χ2v) is 3.40. The molecule has 5 nitrogen and oxygen atoms in total. The third kappa shape index (κ3) is 4.01. The van der Waals surface area contributed by atoms with Crippen LogP contribution >= 0.6 is 0 Å². The van der Waals surface area contributed by atoms with Gasteiger partial charge in [0.1, 0.15) is 0 Å². The van der Waals surface area contributed by atoms with Crippen LogP contribution in [0.25, 0.3) is 0 Å². The second kappa shape index (κ2) is 5.47. The van der Waals surface area contributed by atoms with E-state index in [0.29, 0.717) is 13.2 Å². The summed E-state index contributed by atoms with van der Waals surface area (Å²) in [5, 5.41) is 0. The van der Waals surface area contributed by atoms with Gasteiger partial charge in [0.05, 0.1) is 13.2 Å². The highest BCUT2D eigenvalue weighted by Crippen LogP contribution is 2.00. The first-order valence-electron chi connectivity index (χ1n) is 3.91. The van der Waals surface area contributed by atoms with Crippen LogP contribution in [0.2, 0.25) is 0 Å². The van der Waals surface area contributed by atoms with E-state index in [1.54, 1.807) is 0 Å². The number of hydrogen-bond donors (Lipinski definition) is 1. The molecule has 1 aliphatic rings. The van der Waals surface area contributed by atoms with Gasteiger partial charge < -0.3 is 4.74 Å². The monoisotopic (exact) mass is 197 g/mol. The Kier molecular flexibility index (Phi) is 5.39. The quantitative estimate of drug-likeness (QED) is 0.607. The highest BCUT2D eigenvalue weighted by molar-refractivity contribution is 7.83. The summed E-state index contributed by atoms with van der Waals surface area (Å²) >= 11 is 0.